The molecule has 1 saturated heterocycles. The molecule has 0 saturated carbocycles. The number of aromatic nitrogens is 1. The van der Waals surface area contributed by atoms with Crippen LogP contribution in [0.4, 0.5) is 5.69 Å². The van der Waals surface area contributed by atoms with Gasteiger partial charge in [0.2, 0.25) is 11.8 Å². The van der Waals surface area contributed by atoms with Gasteiger partial charge in [0.15, 0.2) is 0 Å². The van der Waals surface area contributed by atoms with Crippen molar-refractivity contribution in [2.45, 2.75) is 19.9 Å². The molecule has 31 heavy (non-hydrogen) atoms. The van der Waals surface area contributed by atoms with Crippen LogP contribution >= 0.6 is 22.9 Å². The molecule has 1 N–H and O–H groups in total. The molecule has 1 aliphatic heterocycles. The van der Waals surface area contributed by atoms with E-state index in [4.69, 9.17) is 16.3 Å². The van der Waals surface area contributed by atoms with Crippen molar-refractivity contribution >= 4 is 40.4 Å². The number of nitrogens with one attached hydrogen (secondary N) is 1. The van der Waals surface area contributed by atoms with E-state index in [-0.39, 0.29) is 18.2 Å². The van der Waals surface area contributed by atoms with Gasteiger partial charge in [0, 0.05) is 40.2 Å². The lowest BCUT2D eigenvalue weighted by Gasteiger charge is -2.17. The van der Waals surface area contributed by atoms with E-state index >= 15 is 0 Å². The van der Waals surface area contributed by atoms with Crippen molar-refractivity contribution in [1.29, 1.82) is 0 Å². The number of halogens is 1. The summed E-state index contributed by atoms with van der Waals surface area (Å²) in [4.78, 5) is 32.6. The van der Waals surface area contributed by atoms with Crippen molar-refractivity contribution in [3.05, 3.63) is 63.4 Å². The van der Waals surface area contributed by atoms with E-state index in [1.54, 1.807) is 29.4 Å². The second-order valence-electron chi connectivity index (χ2n) is 7.34. The maximum Gasteiger partial charge on any atom is 0.227 e. The zero-order valence-electron chi connectivity index (χ0n) is 17.2. The molecule has 2 amide bonds. The van der Waals surface area contributed by atoms with Gasteiger partial charge in [-0.15, -0.1) is 11.3 Å². The highest BCUT2D eigenvalue weighted by atomic mass is 35.5. The van der Waals surface area contributed by atoms with Gasteiger partial charge >= 0.3 is 0 Å². The van der Waals surface area contributed by atoms with Crippen LogP contribution in [-0.2, 0) is 16.1 Å². The molecule has 2 heterocycles. The summed E-state index contributed by atoms with van der Waals surface area (Å²) in [7, 11) is 1.58. The highest BCUT2D eigenvalue weighted by Crippen LogP contribution is 2.30. The van der Waals surface area contributed by atoms with Crippen molar-refractivity contribution in [2.24, 2.45) is 5.92 Å². The standard InChI is InChI=1S/C23H22ClN3O3S/c1-14-22(15-6-8-17(24)9-7-15)26-20(31-14)12-25-23(29)16-10-21(28)27(13-16)18-4-3-5-19(11-18)30-2/h3-9,11,16H,10,12-13H2,1-2H3,(H,25,29). The number of nitrogens with zero attached hydrogens (tertiary/aromatic N) is 2. The van der Waals surface area contributed by atoms with Crippen LogP contribution in [0.1, 0.15) is 16.3 Å². The maximum atomic E-state index is 12.7. The van der Waals surface area contributed by atoms with Crippen LogP contribution in [0.2, 0.25) is 5.02 Å². The molecule has 4 rings (SSSR count). The predicted octanol–water partition coefficient (Wildman–Crippen LogP) is 4.45. The van der Waals surface area contributed by atoms with Crippen molar-refractivity contribution < 1.29 is 14.3 Å². The van der Waals surface area contributed by atoms with Crippen molar-refractivity contribution in [3.8, 4) is 17.0 Å². The van der Waals surface area contributed by atoms with E-state index in [0.29, 0.717) is 23.9 Å². The molecule has 6 nitrogen and oxygen atoms in total. The van der Waals surface area contributed by atoms with Gasteiger partial charge in [-0.25, -0.2) is 4.98 Å². The third-order valence-corrected chi connectivity index (χ3v) is 6.46. The highest BCUT2D eigenvalue weighted by Gasteiger charge is 2.35. The van der Waals surface area contributed by atoms with E-state index in [9.17, 15) is 9.59 Å². The minimum atomic E-state index is -0.393. The lowest BCUT2D eigenvalue weighted by Crippen LogP contribution is -2.32. The first-order valence-corrected chi connectivity index (χ1v) is 11.1. The fourth-order valence-electron chi connectivity index (χ4n) is 3.62. The molecular formula is C23H22ClN3O3S. The summed E-state index contributed by atoms with van der Waals surface area (Å²) in [5.74, 6) is 0.0764. The number of aryl methyl sites for hydroxylation is 1. The zero-order valence-corrected chi connectivity index (χ0v) is 18.8. The number of methoxy groups -OCH3 is 1. The average molecular weight is 456 g/mol. The molecule has 1 fully saturated rings. The number of rotatable bonds is 6. The molecule has 3 aromatic rings. The summed E-state index contributed by atoms with van der Waals surface area (Å²) >= 11 is 7.52. The van der Waals surface area contributed by atoms with Gasteiger partial charge in [0.05, 0.1) is 25.3 Å². The minimum absolute atomic E-state index is 0.0662. The third kappa shape index (κ3) is 4.73. The number of thiazole rings is 1. The van der Waals surface area contributed by atoms with Gasteiger partial charge in [-0.3, -0.25) is 9.59 Å². The number of carbonyl (C=O) groups is 2. The van der Waals surface area contributed by atoms with E-state index in [0.717, 1.165) is 26.8 Å². The topological polar surface area (TPSA) is 71.5 Å². The summed E-state index contributed by atoms with van der Waals surface area (Å²) in [5, 5.41) is 4.44. The van der Waals surface area contributed by atoms with E-state index < -0.39 is 5.92 Å². The molecule has 0 bridgehead atoms. The molecule has 1 aromatic heterocycles. The van der Waals surface area contributed by atoms with Gasteiger partial charge in [0.25, 0.3) is 0 Å². The van der Waals surface area contributed by atoms with Crippen LogP contribution in [0.25, 0.3) is 11.3 Å². The summed E-state index contributed by atoms with van der Waals surface area (Å²) in [6.07, 6.45) is 0.190. The van der Waals surface area contributed by atoms with Gasteiger partial charge < -0.3 is 15.0 Å². The number of hydrogen-bond acceptors (Lipinski definition) is 5. The minimum Gasteiger partial charge on any atom is -0.497 e. The van der Waals surface area contributed by atoms with Crippen molar-refractivity contribution in [3.63, 3.8) is 0 Å². The lowest BCUT2D eigenvalue weighted by atomic mass is 10.1. The smallest absolute Gasteiger partial charge is 0.227 e. The van der Waals surface area contributed by atoms with E-state index in [1.807, 2.05) is 49.4 Å². The van der Waals surface area contributed by atoms with Gasteiger partial charge in [-0.2, -0.15) is 0 Å². The Morgan fingerprint density at radius 3 is 2.81 bits per heavy atom. The quantitative estimate of drug-likeness (QED) is 0.596. The van der Waals surface area contributed by atoms with Crippen LogP contribution in [0.3, 0.4) is 0 Å². The third-order valence-electron chi connectivity index (χ3n) is 5.23. The van der Waals surface area contributed by atoms with Crippen LogP contribution < -0.4 is 15.0 Å². The Labute approximate surface area is 189 Å². The van der Waals surface area contributed by atoms with Crippen molar-refractivity contribution in [1.82, 2.24) is 10.3 Å². The number of amides is 2. The molecule has 2 aromatic carbocycles. The van der Waals surface area contributed by atoms with Crippen molar-refractivity contribution in [2.75, 3.05) is 18.6 Å². The molecule has 0 radical (unpaired) electrons. The Morgan fingerprint density at radius 1 is 1.29 bits per heavy atom. The largest absolute Gasteiger partial charge is 0.497 e. The molecule has 8 heteroatoms. The molecule has 0 aliphatic carbocycles. The Bertz CT molecular complexity index is 1110. The number of carbonyl (C=O) groups excluding carboxylic acids is 2. The molecule has 1 atom stereocenters. The van der Waals surface area contributed by atoms with Crippen LogP contribution in [0.5, 0.6) is 5.75 Å². The Morgan fingerprint density at radius 2 is 2.06 bits per heavy atom. The molecule has 1 unspecified atom stereocenters. The monoisotopic (exact) mass is 455 g/mol. The van der Waals surface area contributed by atoms with Crippen LogP contribution in [-0.4, -0.2) is 30.5 Å². The first-order chi connectivity index (χ1) is 14.9. The summed E-state index contributed by atoms with van der Waals surface area (Å²) in [6, 6.07) is 14.8. The number of benzene rings is 2. The fourth-order valence-corrected chi connectivity index (χ4v) is 4.64. The maximum absolute atomic E-state index is 12.7. The SMILES string of the molecule is COc1cccc(N2CC(C(=O)NCc3nc(-c4ccc(Cl)cc4)c(C)s3)CC2=O)c1. The highest BCUT2D eigenvalue weighted by molar-refractivity contribution is 7.12. The molecular weight excluding hydrogens is 434 g/mol. The van der Waals surface area contributed by atoms with E-state index in [1.165, 1.54) is 0 Å². The first kappa shape index (κ1) is 21.3. The zero-order chi connectivity index (χ0) is 22.0. The second-order valence-corrected chi connectivity index (χ2v) is 9.07. The van der Waals surface area contributed by atoms with Gasteiger partial charge in [0.1, 0.15) is 10.8 Å². The molecule has 1 aliphatic rings. The van der Waals surface area contributed by atoms with Crippen LogP contribution in [0.15, 0.2) is 48.5 Å². The second kappa shape index (κ2) is 9.08. The number of ether oxygens (including phenoxy) is 1. The van der Waals surface area contributed by atoms with Gasteiger partial charge in [-0.05, 0) is 31.2 Å². The number of hydrogen-bond donors (Lipinski definition) is 1. The predicted molar refractivity (Wildman–Crippen MR) is 123 cm³/mol. The van der Waals surface area contributed by atoms with E-state index in [2.05, 4.69) is 10.3 Å². The molecule has 160 valence electrons. The number of anilines is 1. The fraction of sp³-hybridized carbons (Fsp3) is 0.261. The summed E-state index contributed by atoms with van der Waals surface area (Å²) in [5.41, 5.74) is 2.63. The van der Waals surface area contributed by atoms with Gasteiger partial charge in [-0.1, -0.05) is 29.8 Å². The van der Waals surface area contributed by atoms with Crippen LogP contribution in [0, 0.1) is 12.8 Å². The summed E-state index contributed by atoms with van der Waals surface area (Å²) < 4.78 is 5.23. The normalized spacial score (nSPS) is 15.9. The average Bonchev–Trinajstić information content (AvgIpc) is 3.35. The summed E-state index contributed by atoms with van der Waals surface area (Å²) in [6.45, 7) is 2.70. The Balaban J connectivity index is 1.39. The first-order valence-electron chi connectivity index (χ1n) is 9.89. The Hall–Kier alpha value is -2.90. The Kier molecular flexibility index (Phi) is 6.25. The molecule has 0 spiro atoms. The lowest BCUT2D eigenvalue weighted by molar-refractivity contribution is -0.126.